The van der Waals surface area contributed by atoms with Crippen LogP contribution in [0.25, 0.3) is 0 Å². The fraction of sp³-hybridized carbons (Fsp3) is 0.143. The zero-order chi connectivity index (χ0) is 15.5. The normalized spacial score (nSPS) is 11.3. The second kappa shape index (κ2) is 6.45. The highest BCUT2D eigenvalue weighted by atomic mass is 35.5. The molecular formula is C14H10Cl2F3NO. The molecule has 2 aromatic carbocycles. The van der Waals surface area contributed by atoms with Crippen LogP contribution >= 0.6 is 23.2 Å². The van der Waals surface area contributed by atoms with Crippen molar-refractivity contribution in [3.63, 3.8) is 0 Å². The topological polar surface area (TPSA) is 21.3 Å². The third-order valence-corrected chi connectivity index (χ3v) is 3.15. The van der Waals surface area contributed by atoms with Crippen LogP contribution in [0.3, 0.4) is 0 Å². The first-order valence-electron chi connectivity index (χ1n) is 5.87. The quantitative estimate of drug-likeness (QED) is 0.796. The van der Waals surface area contributed by atoms with Crippen LogP contribution in [-0.4, -0.2) is 6.36 Å². The highest BCUT2D eigenvalue weighted by Crippen LogP contribution is 2.26. The standard InChI is InChI=1S/C14H10Cl2F3NO/c15-10-5-4-9(13(16)6-10)8-20-11-2-1-3-12(7-11)21-14(17,18)19/h1-7,20H,8H2. The molecule has 0 saturated heterocycles. The van der Waals surface area contributed by atoms with E-state index in [1.807, 2.05) is 0 Å². The summed E-state index contributed by atoms with van der Waals surface area (Å²) in [5.41, 5.74) is 1.27. The summed E-state index contributed by atoms with van der Waals surface area (Å²) < 4.78 is 40.3. The van der Waals surface area contributed by atoms with Gasteiger partial charge in [-0.15, -0.1) is 13.2 Å². The van der Waals surface area contributed by atoms with Gasteiger partial charge in [-0.05, 0) is 29.8 Å². The van der Waals surface area contributed by atoms with Crippen molar-refractivity contribution in [1.82, 2.24) is 0 Å². The number of hydrogen-bond acceptors (Lipinski definition) is 2. The van der Waals surface area contributed by atoms with Crippen molar-refractivity contribution in [1.29, 1.82) is 0 Å². The van der Waals surface area contributed by atoms with Crippen molar-refractivity contribution in [2.75, 3.05) is 5.32 Å². The van der Waals surface area contributed by atoms with Crippen LogP contribution in [-0.2, 0) is 6.54 Å². The summed E-state index contributed by atoms with van der Waals surface area (Å²) in [6.45, 7) is 0.353. The molecule has 0 aromatic heterocycles. The van der Waals surface area contributed by atoms with E-state index in [4.69, 9.17) is 23.2 Å². The second-order valence-corrected chi connectivity index (χ2v) is 5.01. The van der Waals surface area contributed by atoms with Crippen LogP contribution in [0.2, 0.25) is 10.0 Å². The molecule has 0 spiro atoms. The number of anilines is 1. The van der Waals surface area contributed by atoms with E-state index >= 15 is 0 Å². The molecule has 112 valence electrons. The lowest BCUT2D eigenvalue weighted by atomic mass is 10.2. The molecule has 0 heterocycles. The summed E-state index contributed by atoms with van der Waals surface area (Å²) in [6.07, 6.45) is -4.71. The van der Waals surface area contributed by atoms with Crippen LogP contribution in [0.4, 0.5) is 18.9 Å². The Bertz CT molecular complexity index is 632. The molecular weight excluding hydrogens is 326 g/mol. The van der Waals surface area contributed by atoms with Crippen LogP contribution in [0.5, 0.6) is 5.75 Å². The maximum absolute atomic E-state index is 12.1. The van der Waals surface area contributed by atoms with E-state index < -0.39 is 6.36 Å². The molecule has 0 unspecified atom stereocenters. The molecule has 0 bridgehead atoms. The Kier molecular flexibility index (Phi) is 4.85. The number of rotatable bonds is 4. The molecule has 0 radical (unpaired) electrons. The molecule has 0 atom stereocenters. The average molecular weight is 336 g/mol. The minimum absolute atomic E-state index is 0.283. The van der Waals surface area contributed by atoms with E-state index in [1.165, 1.54) is 18.2 Å². The number of halogens is 5. The number of benzene rings is 2. The molecule has 21 heavy (non-hydrogen) atoms. The van der Waals surface area contributed by atoms with Gasteiger partial charge in [0.15, 0.2) is 0 Å². The monoisotopic (exact) mass is 335 g/mol. The Labute approximate surface area is 129 Å². The SMILES string of the molecule is FC(F)(F)Oc1cccc(NCc2ccc(Cl)cc2Cl)c1. The van der Waals surface area contributed by atoms with Gasteiger partial charge in [-0.2, -0.15) is 0 Å². The van der Waals surface area contributed by atoms with Crippen LogP contribution in [0, 0.1) is 0 Å². The maximum atomic E-state index is 12.1. The third kappa shape index (κ3) is 5.02. The first-order valence-corrected chi connectivity index (χ1v) is 6.63. The van der Waals surface area contributed by atoms with Crippen molar-refractivity contribution < 1.29 is 17.9 Å². The minimum atomic E-state index is -4.71. The summed E-state index contributed by atoms with van der Waals surface area (Å²) in [5, 5.41) is 3.97. The maximum Gasteiger partial charge on any atom is 0.573 e. The Morgan fingerprint density at radius 1 is 1.05 bits per heavy atom. The molecule has 1 N–H and O–H groups in total. The summed E-state index contributed by atoms with van der Waals surface area (Å²) >= 11 is 11.8. The van der Waals surface area contributed by atoms with Gasteiger partial charge in [0.05, 0.1) is 0 Å². The van der Waals surface area contributed by atoms with E-state index in [9.17, 15) is 13.2 Å². The fourth-order valence-electron chi connectivity index (χ4n) is 1.67. The number of ether oxygens (including phenoxy) is 1. The van der Waals surface area contributed by atoms with Crippen LogP contribution < -0.4 is 10.1 Å². The Morgan fingerprint density at radius 2 is 1.81 bits per heavy atom. The Hall–Kier alpha value is -1.59. The highest BCUT2D eigenvalue weighted by molar-refractivity contribution is 6.35. The van der Waals surface area contributed by atoms with E-state index in [0.717, 1.165) is 5.56 Å². The molecule has 0 saturated carbocycles. The van der Waals surface area contributed by atoms with Gasteiger partial charge in [0, 0.05) is 28.3 Å². The zero-order valence-corrected chi connectivity index (χ0v) is 12.1. The fourth-order valence-corrected chi connectivity index (χ4v) is 2.14. The van der Waals surface area contributed by atoms with E-state index in [-0.39, 0.29) is 5.75 Å². The average Bonchev–Trinajstić information content (AvgIpc) is 2.36. The number of nitrogens with one attached hydrogen (secondary N) is 1. The predicted molar refractivity (Wildman–Crippen MR) is 76.9 cm³/mol. The lowest BCUT2D eigenvalue weighted by Gasteiger charge is -2.12. The van der Waals surface area contributed by atoms with Gasteiger partial charge in [-0.25, -0.2) is 0 Å². The van der Waals surface area contributed by atoms with Gasteiger partial charge in [0.1, 0.15) is 5.75 Å². The van der Waals surface area contributed by atoms with Gasteiger partial charge in [0.25, 0.3) is 0 Å². The van der Waals surface area contributed by atoms with Gasteiger partial charge in [-0.1, -0.05) is 35.3 Å². The number of hydrogen-bond donors (Lipinski definition) is 1. The first kappa shape index (κ1) is 15.8. The molecule has 0 fully saturated rings. The largest absolute Gasteiger partial charge is 0.573 e. The molecule has 0 aliphatic heterocycles. The van der Waals surface area contributed by atoms with Gasteiger partial charge in [-0.3, -0.25) is 0 Å². The molecule has 7 heteroatoms. The molecule has 0 amide bonds. The highest BCUT2D eigenvalue weighted by Gasteiger charge is 2.31. The van der Waals surface area contributed by atoms with E-state index in [2.05, 4.69) is 10.1 Å². The van der Waals surface area contributed by atoms with Gasteiger partial charge < -0.3 is 10.1 Å². The van der Waals surface area contributed by atoms with E-state index in [0.29, 0.717) is 22.3 Å². The summed E-state index contributed by atoms with van der Waals surface area (Å²) in [7, 11) is 0. The summed E-state index contributed by atoms with van der Waals surface area (Å²) in [6, 6.07) is 10.6. The van der Waals surface area contributed by atoms with Gasteiger partial charge in [0.2, 0.25) is 0 Å². The smallest absolute Gasteiger partial charge is 0.406 e. The van der Waals surface area contributed by atoms with Crippen molar-refractivity contribution in [2.24, 2.45) is 0 Å². The van der Waals surface area contributed by atoms with Crippen LogP contribution in [0.15, 0.2) is 42.5 Å². The lowest BCUT2D eigenvalue weighted by Crippen LogP contribution is -2.17. The van der Waals surface area contributed by atoms with Crippen molar-refractivity contribution >= 4 is 28.9 Å². The summed E-state index contributed by atoms with van der Waals surface area (Å²) in [4.78, 5) is 0. The van der Waals surface area contributed by atoms with Crippen LogP contribution in [0.1, 0.15) is 5.56 Å². The van der Waals surface area contributed by atoms with Crippen molar-refractivity contribution in [2.45, 2.75) is 12.9 Å². The molecule has 0 aliphatic rings. The first-order chi connectivity index (χ1) is 9.83. The lowest BCUT2D eigenvalue weighted by molar-refractivity contribution is -0.274. The number of alkyl halides is 3. The second-order valence-electron chi connectivity index (χ2n) is 4.16. The summed E-state index contributed by atoms with van der Waals surface area (Å²) in [5.74, 6) is -0.283. The van der Waals surface area contributed by atoms with Crippen molar-refractivity contribution in [3.05, 3.63) is 58.1 Å². The molecule has 2 rings (SSSR count). The zero-order valence-electron chi connectivity index (χ0n) is 10.5. The predicted octanol–water partition coefficient (Wildman–Crippen LogP) is 5.50. The van der Waals surface area contributed by atoms with E-state index in [1.54, 1.807) is 24.3 Å². The third-order valence-electron chi connectivity index (χ3n) is 2.57. The Morgan fingerprint density at radius 3 is 2.48 bits per heavy atom. The minimum Gasteiger partial charge on any atom is -0.406 e. The molecule has 0 aliphatic carbocycles. The molecule has 2 aromatic rings. The molecule has 2 nitrogen and oxygen atoms in total. The Balaban J connectivity index is 2.05. The van der Waals surface area contributed by atoms with Gasteiger partial charge >= 0.3 is 6.36 Å². The van der Waals surface area contributed by atoms with Crippen molar-refractivity contribution in [3.8, 4) is 5.75 Å².